The molecule has 0 aliphatic carbocycles. The molecule has 0 aliphatic rings. The average molecular weight is 245 g/mol. The van der Waals surface area contributed by atoms with Crippen LogP contribution in [0, 0.1) is 0 Å². The molecule has 0 radical (unpaired) electrons. The van der Waals surface area contributed by atoms with Crippen LogP contribution in [0.15, 0.2) is 24.3 Å². The van der Waals surface area contributed by atoms with Crippen LogP contribution in [0.25, 0.3) is 0 Å². The SMILES string of the molecule is CCC(CS(=O)(=O)O)Oc1cccc(N)c1. The van der Waals surface area contributed by atoms with Gasteiger partial charge in [0.25, 0.3) is 10.1 Å². The molecule has 1 aromatic rings. The minimum Gasteiger partial charge on any atom is -0.489 e. The number of hydrogen-bond donors (Lipinski definition) is 2. The molecule has 0 saturated carbocycles. The highest BCUT2D eigenvalue weighted by Gasteiger charge is 2.16. The summed E-state index contributed by atoms with van der Waals surface area (Å²) in [6.07, 6.45) is -0.0917. The molecule has 3 N–H and O–H groups in total. The van der Waals surface area contributed by atoms with Gasteiger partial charge in [-0.15, -0.1) is 0 Å². The van der Waals surface area contributed by atoms with Crippen LogP contribution in [0.5, 0.6) is 5.75 Å². The molecule has 5 nitrogen and oxygen atoms in total. The Morgan fingerprint density at radius 3 is 2.69 bits per heavy atom. The van der Waals surface area contributed by atoms with E-state index in [2.05, 4.69) is 0 Å². The first-order valence-electron chi connectivity index (χ1n) is 4.88. The zero-order valence-corrected chi connectivity index (χ0v) is 9.78. The number of nitrogen functional groups attached to an aromatic ring is 1. The van der Waals surface area contributed by atoms with Crippen molar-refractivity contribution in [3.05, 3.63) is 24.3 Å². The maximum atomic E-state index is 10.7. The second-order valence-corrected chi connectivity index (χ2v) is 4.97. The largest absolute Gasteiger partial charge is 0.489 e. The van der Waals surface area contributed by atoms with Crippen molar-refractivity contribution >= 4 is 15.8 Å². The van der Waals surface area contributed by atoms with E-state index in [4.69, 9.17) is 15.0 Å². The second kappa shape index (κ2) is 5.18. The number of benzene rings is 1. The van der Waals surface area contributed by atoms with Crippen molar-refractivity contribution in [2.45, 2.75) is 19.4 Å². The van der Waals surface area contributed by atoms with Crippen molar-refractivity contribution in [2.75, 3.05) is 11.5 Å². The standard InChI is InChI=1S/C10H15NO4S/c1-2-9(7-16(12,13)14)15-10-5-3-4-8(11)6-10/h3-6,9H,2,7,11H2,1H3,(H,12,13,14). The van der Waals surface area contributed by atoms with E-state index in [-0.39, 0.29) is 0 Å². The maximum Gasteiger partial charge on any atom is 0.268 e. The fourth-order valence-corrected chi connectivity index (χ4v) is 2.02. The Morgan fingerprint density at radius 2 is 2.19 bits per heavy atom. The lowest BCUT2D eigenvalue weighted by Crippen LogP contribution is -2.25. The number of anilines is 1. The molecule has 90 valence electrons. The normalized spacial score (nSPS) is 13.4. The third-order valence-corrected chi connectivity index (χ3v) is 2.81. The fourth-order valence-electron chi connectivity index (χ4n) is 1.25. The van der Waals surface area contributed by atoms with E-state index >= 15 is 0 Å². The minimum atomic E-state index is -4.02. The second-order valence-electron chi connectivity index (χ2n) is 3.47. The quantitative estimate of drug-likeness (QED) is 0.603. The van der Waals surface area contributed by atoms with Crippen LogP contribution in [0.1, 0.15) is 13.3 Å². The van der Waals surface area contributed by atoms with Gasteiger partial charge in [-0.1, -0.05) is 13.0 Å². The van der Waals surface area contributed by atoms with Crippen LogP contribution in [0.4, 0.5) is 5.69 Å². The Morgan fingerprint density at radius 1 is 1.50 bits per heavy atom. The van der Waals surface area contributed by atoms with Gasteiger partial charge in [0.1, 0.15) is 17.6 Å². The summed E-state index contributed by atoms with van der Waals surface area (Å²) in [5.74, 6) is 0.0775. The molecular weight excluding hydrogens is 230 g/mol. The third-order valence-electron chi connectivity index (χ3n) is 2.01. The summed E-state index contributed by atoms with van der Waals surface area (Å²) in [4.78, 5) is 0. The highest BCUT2D eigenvalue weighted by Crippen LogP contribution is 2.17. The molecule has 0 fully saturated rings. The molecule has 1 aromatic carbocycles. The fraction of sp³-hybridized carbons (Fsp3) is 0.400. The monoisotopic (exact) mass is 245 g/mol. The molecular formula is C10H15NO4S. The Balaban J connectivity index is 2.70. The van der Waals surface area contributed by atoms with Crippen molar-refractivity contribution in [2.24, 2.45) is 0 Å². The van der Waals surface area contributed by atoms with Gasteiger partial charge in [0, 0.05) is 11.8 Å². The number of hydrogen-bond acceptors (Lipinski definition) is 4. The number of nitrogens with two attached hydrogens (primary N) is 1. The van der Waals surface area contributed by atoms with Gasteiger partial charge in [-0.3, -0.25) is 4.55 Å². The van der Waals surface area contributed by atoms with Crippen molar-refractivity contribution < 1.29 is 17.7 Å². The van der Waals surface area contributed by atoms with E-state index < -0.39 is 22.0 Å². The van der Waals surface area contributed by atoms with Gasteiger partial charge in [0.15, 0.2) is 0 Å². The first-order chi connectivity index (χ1) is 7.40. The smallest absolute Gasteiger partial charge is 0.268 e. The molecule has 16 heavy (non-hydrogen) atoms. The highest BCUT2D eigenvalue weighted by atomic mass is 32.2. The van der Waals surface area contributed by atoms with E-state index in [1.165, 1.54) is 0 Å². The van der Waals surface area contributed by atoms with Gasteiger partial charge >= 0.3 is 0 Å². The van der Waals surface area contributed by atoms with Crippen molar-refractivity contribution in [1.29, 1.82) is 0 Å². The molecule has 1 atom stereocenters. The lowest BCUT2D eigenvalue weighted by Gasteiger charge is -2.16. The van der Waals surface area contributed by atoms with Gasteiger partial charge in [0.2, 0.25) is 0 Å². The molecule has 1 rings (SSSR count). The summed E-state index contributed by atoms with van der Waals surface area (Å²) < 4.78 is 35.5. The van der Waals surface area contributed by atoms with Gasteiger partial charge in [-0.25, -0.2) is 0 Å². The van der Waals surface area contributed by atoms with E-state index in [1.807, 2.05) is 0 Å². The van der Waals surface area contributed by atoms with Crippen molar-refractivity contribution in [3.63, 3.8) is 0 Å². The predicted molar refractivity (Wildman–Crippen MR) is 62.0 cm³/mol. The van der Waals surface area contributed by atoms with E-state index in [1.54, 1.807) is 31.2 Å². The summed E-state index contributed by atoms with van der Waals surface area (Å²) in [5, 5.41) is 0. The van der Waals surface area contributed by atoms with E-state index in [0.717, 1.165) is 0 Å². The van der Waals surface area contributed by atoms with Crippen LogP contribution in [-0.4, -0.2) is 24.8 Å². The highest BCUT2D eigenvalue weighted by molar-refractivity contribution is 7.85. The van der Waals surface area contributed by atoms with E-state index in [0.29, 0.717) is 17.9 Å². The lowest BCUT2D eigenvalue weighted by molar-refractivity contribution is 0.217. The van der Waals surface area contributed by atoms with Gasteiger partial charge < -0.3 is 10.5 Å². The molecule has 6 heteroatoms. The summed E-state index contributed by atoms with van der Waals surface area (Å²) in [5.41, 5.74) is 6.10. The Bertz CT molecular complexity index is 444. The summed E-state index contributed by atoms with van der Waals surface area (Å²) >= 11 is 0. The maximum absolute atomic E-state index is 10.7. The van der Waals surface area contributed by atoms with Crippen LogP contribution in [0.2, 0.25) is 0 Å². The Labute approximate surface area is 95.0 Å². The summed E-state index contributed by atoms with van der Waals surface area (Å²) in [6.45, 7) is 1.78. The average Bonchev–Trinajstić information content (AvgIpc) is 2.14. The Hall–Kier alpha value is -1.27. The molecule has 0 aromatic heterocycles. The minimum absolute atomic E-state index is 0.418. The first kappa shape index (κ1) is 12.8. The number of ether oxygens (including phenoxy) is 1. The molecule has 0 aliphatic heterocycles. The molecule has 0 saturated heterocycles. The van der Waals surface area contributed by atoms with Gasteiger partial charge in [0.05, 0.1) is 0 Å². The topological polar surface area (TPSA) is 89.6 Å². The Kier molecular flexibility index (Phi) is 4.14. The predicted octanol–water partition coefficient (Wildman–Crippen LogP) is 1.31. The van der Waals surface area contributed by atoms with Crippen molar-refractivity contribution in [1.82, 2.24) is 0 Å². The lowest BCUT2D eigenvalue weighted by atomic mass is 10.3. The third kappa shape index (κ3) is 4.50. The van der Waals surface area contributed by atoms with Crippen LogP contribution < -0.4 is 10.5 Å². The summed E-state index contributed by atoms with van der Waals surface area (Å²) in [6, 6.07) is 6.71. The summed E-state index contributed by atoms with van der Waals surface area (Å²) in [7, 11) is -4.02. The van der Waals surface area contributed by atoms with Crippen LogP contribution in [-0.2, 0) is 10.1 Å². The molecule has 1 unspecified atom stereocenters. The molecule has 0 spiro atoms. The molecule has 0 heterocycles. The zero-order chi connectivity index (χ0) is 12.2. The van der Waals surface area contributed by atoms with Crippen LogP contribution >= 0.6 is 0 Å². The van der Waals surface area contributed by atoms with Gasteiger partial charge in [-0.05, 0) is 18.6 Å². The van der Waals surface area contributed by atoms with Crippen LogP contribution in [0.3, 0.4) is 0 Å². The zero-order valence-electron chi connectivity index (χ0n) is 8.96. The molecule has 0 amide bonds. The first-order valence-corrected chi connectivity index (χ1v) is 6.49. The van der Waals surface area contributed by atoms with E-state index in [9.17, 15) is 8.42 Å². The number of rotatable bonds is 5. The van der Waals surface area contributed by atoms with Gasteiger partial charge in [-0.2, -0.15) is 8.42 Å². The van der Waals surface area contributed by atoms with Crippen molar-refractivity contribution in [3.8, 4) is 5.75 Å². The molecule has 0 bridgehead atoms.